The SMILES string of the molecule is CS(=O)(=O)CCCNc1nc(CC2CCC(O)CC2)ncc1C#N. The van der Waals surface area contributed by atoms with E-state index in [0.29, 0.717) is 36.1 Å². The van der Waals surface area contributed by atoms with Gasteiger partial charge in [-0.2, -0.15) is 5.26 Å². The molecule has 24 heavy (non-hydrogen) atoms. The molecule has 2 N–H and O–H groups in total. The fourth-order valence-electron chi connectivity index (χ4n) is 2.88. The van der Waals surface area contributed by atoms with Crippen LogP contribution in [0, 0.1) is 17.2 Å². The number of aromatic nitrogens is 2. The molecule has 1 fully saturated rings. The number of hydrogen-bond acceptors (Lipinski definition) is 7. The molecule has 0 aliphatic heterocycles. The number of sulfone groups is 1. The van der Waals surface area contributed by atoms with Crippen LogP contribution < -0.4 is 5.32 Å². The molecule has 1 saturated carbocycles. The Balaban J connectivity index is 1.95. The summed E-state index contributed by atoms with van der Waals surface area (Å²) in [6.07, 6.45) is 7.28. The molecule has 1 aliphatic carbocycles. The van der Waals surface area contributed by atoms with Crippen LogP contribution in [0.3, 0.4) is 0 Å². The van der Waals surface area contributed by atoms with E-state index < -0.39 is 9.84 Å². The lowest BCUT2D eigenvalue weighted by Gasteiger charge is -2.24. The molecule has 132 valence electrons. The Hall–Kier alpha value is -1.72. The molecule has 1 aromatic rings. The normalized spacial score (nSPS) is 21.2. The Kier molecular flexibility index (Phi) is 6.52. The minimum absolute atomic E-state index is 0.101. The molecule has 1 aromatic heterocycles. The second-order valence-corrected chi connectivity index (χ2v) is 8.71. The minimum Gasteiger partial charge on any atom is -0.393 e. The van der Waals surface area contributed by atoms with E-state index in [-0.39, 0.29) is 11.9 Å². The fourth-order valence-corrected chi connectivity index (χ4v) is 3.55. The number of aliphatic hydroxyl groups is 1. The molecule has 0 aromatic carbocycles. The van der Waals surface area contributed by atoms with Crippen molar-refractivity contribution in [3.63, 3.8) is 0 Å². The van der Waals surface area contributed by atoms with E-state index in [4.69, 9.17) is 5.26 Å². The molecule has 0 atom stereocenters. The summed E-state index contributed by atoms with van der Waals surface area (Å²) in [6.45, 7) is 0.438. The van der Waals surface area contributed by atoms with Gasteiger partial charge in [0.05, 0.1) is 18.1 Å². The standard InChI is InChI=1S/C16H24N4O3S/c1-24(22,23)8-2-7-18-16-13(10-17)11-19-15(20-16)9-12-3-5-14(21)6-4-12/h11-12,14,21H,2-9H2,1H3,(H,18,19,20). The van der Waals surface area contributed by atoms with Gasteiger partial charge in [0, 0.05) is 19.2 Å². The maximum atomic E-state index is 11.1. The smallest absolute Gasteiger partial charge is 0.147 e. The van der Waals surface area contributed by atoms with Crippen molar-refractivity contribution in [2.24, 2.45) is 5.92 Å². The van der Waals surface area contributed by atoms with Gasteiger partial charge in [-0.25, -0.2) is 18.4 Å². The topological polar surface area (TPSA) is 116 Å². The van der Waals surface area contributed by atoms with Crippen LogP contribution in [-0.4, -0.2) is 48.1 Å². The zero-order valence-corrected chi connectivity index (χ0v) is 14.7. The highest BCUT2D eigenvalue weighted by Gasteiger charge is 2.21. The van der Waals surface area contributed by atoms with Crippen LogP contribution in [0.4, 0.5) is 5.82 Å². The Bertz CT molecular complexity index is 692. The Morgan fingerprint density at radius 2 is 2.08 bits per heavy atom. The van der Waals surface area contributed by atoms with Crippen LogP contribution in [0.5, 0.6) is 0 Å². The number of nitrogens with one attached hydrogen (secondary N) is 1. The Morgan fingerprint density at radius 1 is 1.38 bits per heavy atom. The number of aliphatic hydroxyl groups excluding tert-OH is 1. The first-order valence-electron chi connectivity index (χ1n) is 8.23. The number of nitrogens with zero attached hydrogens (tertiary/aromatic N) is 3. The van der Waals surface area contributed by atoms with Crippen molar-refractivity contribution in [2.45, 2.75) is 44.6 Å². The number of hydrogen-bond donors (Lipinski definition) is 2. The third-order valence-corrected chi connectivity index (χ3v) is 5.26. The molecule has 0 amide bonds. The molecule has 0 radical (unpaired) electrons. The molecular formula is C16H24N4O3S. The number of nitriles is 1. The lowest BCUT2D eigenvalue weighted by molar-refractivity contribution is 0.108. The van der Waals surface area contributed by atoms with E-state index in [1.807, 2.05) is 0 Å². The van der Waals surface area contributed by atoms with Gasteiger partial charge in [-0.05, 0) is 38.0 Å². The average Bonchev–Trinajstić information content (AvgIpc) is 2.53. The quantitative estimate of drug-likeness (QED) is 0.710. The molecule has 0 unspecified atom stereocenters. The first kappa shape index (κ1) is 18.6. The molecule has 0 bridgehead atoms. The van der Waals surface area contributed by atoms with Crippen molar-refractivity contribution in [3.05, 3.63) is 17.6 Å². The van der Waals surface area contributed by atoms with Gasteiger partial charge >= 0.3 is 0 Å². The van der Waals surface area contributed by atoms with Gasteiger partial charge in [0.1, 0.15) is 33.1 Å². The monoisotopic (exact) mass is 352 g/mol. The Morgan fingerprint density at radius 3 is 2.71 bits per heavy atom. The van der Waals surface area contributed by atoms with E-state index in [9.17, 15) is 13.5 Å². The largest absolute Gasteiger partial charge is 0.393 e. The zero-order chi connectivity index (χ0) is 17.6. The molecule has 8 heteroatoms. The Labute approximate surface area is 143 Å². The summed E-state index contributed by atoms with van der Waals surface area (Å²) in [5.74, 6) is 1.71. The molecule has 1 heterocycles. The van der Waals surface area contributed by atoms with Gasteiger partial charge in [0.25, 0.3) is 0 Å². The van der Waals surface area contributed by atoms with Crippen LogP contribution in [-0.2, 0) is 16.3 Å². The van der Waals surface area contributed by atoms with E-state index in [1.165, 1.54) is 12.5 Å². The lowest BCUT2D eigenvalue weighted by atomic mass is 9.85. The van der Waals surface area contributed by atoms with Gasteiger partial charge in [-0.1, -0.05) is 0 Å². The second kappa shape index (κ2) is 8.40. The van der Waals surface area contributed by atoms with Crippen molar-refractivity contribution >= 4 is 15.7 Å². The van der Waals surface area contributed by atoms with E-state index in [2.05, 4.69) is 21.4 Å². The summed E-state index contributed by atoms with van der Waals surface area (Å²) in [5.41, 5.74) is 0.358. The van der Waals surface area contributed by atoms with Crippen LogP contribution in [0.15, 0.2) is 6.20 Å². The third-order valence-electron chi connectivity index (χ3n) is 4.23. The third kappa shape index (κ3) is 6.06. The van der Waals surface area contributed by atoms with Gasteiger partial charge in [-0.15, -0.1) is 0 Å². The summed E-state index contributed by atoms with van der Waals surface area (Å²) >= 11 is 0. The van der Waals surface area contributed by atoms with Crippen LogP contribution in [0.1, 0.15) is 43.5 Å². The summed E-state index contributed by atoms with van der Waals surface area (Å²) in [4.78, 5) is 8.69. The summed E-state index contributed by atoms with van der Waals surface area (Å²) < 4.78 is 22.3. The van der Waals surface area contributed by atoms with Gasteiger partial charge in [-0.3, -0.25) is 0 Å². The molecule has 0 spiro atoms. The van der Waals surface area contributed by atoms with E-state index in [1.54, 1.807) is 0 Å². The maximum absolute atomic E-state index is 11.1. The maximum Gasteiger partial charge on any atom is 0.147 e. The first-order chi connectivity index (χ1) is 11.4. The van der Waals surface area contributed by atoms with Crippen molar-refractivity contribution in [1.29, 1.82) is 5.26 Å². The summed E-state index contributed by atoms with van der Waals surface area (Å²) in [6, 6.07) is 2.05. The highest BCUT2D eigenvalue weighted by atomic mass is 32.2. The zero-order valence-electron chi connectivity index (χ0n) is 13.9. The lowest BCUT2D eigenvalue weighted by Crippen LogP contribution is -2.20. The van der Waals surface area contributed by atoms with Gasteiger partial charge < -0.3 is 10.4 Å². The molecule has 7 nitrogen and oxygen atoms in total. The van der Waals surface area contributed by atoms with E-state index >= 15 is 0 Å². The van der Waals surface area contributed by atoms with E-state index in [0.717, 1.165) is 32.1 Å². The van der Waals surface area contributed by atoms with Crippen molar-refractivity contribution < 1.29 is 13.5 Å². The van der Waals surface area contributed by atoms with Crippen molar-refractivity contribution in [3.8, 4) is 6.07 Å². The predicted octanol–water partition coefficient (Wildman–Crippen LogP) is 1.29. The minimum atomic E-state index is -2.98. The molecule has 2 rings (SSSR count). The van der Waals surface area contributed by atoms with Crippen molar-refractivity contribution in [2.75, 3.05) is 23.9 Å². The number of anilines is 1. The van der Waals surface area contributed by atoms with Gasteiger partial charge in [0.15, 0.2) is 0 Å². The number of rotatable bonds is 7. The van der Waals surface area contributed by atoms with Crippen molar-refractivity contribution in [1.82, 2.24) is 9.97 Å². The summed E-state index contributed by atoms with van der Waals surface area (Å²) in [7, 11) is -2.98. The second-order valence-electron chi connectivity index (χ2n) is 6.45. The fraction of sp³-hybridized carbons (Fsp3) is 0.688. The van der Waals surface area contributed by atoms with Crippen LogP contribution in [0.25, 0.3) is 0 Å². The van der Waals surface area contributed by atoms with Gasteiger partial charge in [0.2, 0.25) is 0 Å². The molecule has 1 aliphatic rings. The predicted molar refractivity (Wildman–Crippen MR) is 91.2 cm³/mol. The highest BCUT2D eigenvalue weighted by Crippen LogP contribution is 2.26. The highest BCUT2D eigenvalue weighted by molar-refractivity contribution is 7.90. The summed E-state index contributed by atoms with van der Waals surface area (Å²) in [5, 5.41) is 21.8. The average molecular weight is 352 g/mol. The molecule has 0 saturated heterocycles. The first-order valence-corrected chi connectivity index (χ1v) is 10.3. The van der Waals surface area contributed by atoms with Crippen LogP contribution in [0.2, 0.25) is 0 Å². The molecular weight excluding hydrogens is 328 g/mol. The van der Waals surface area contributed by atoms with Crippen LogP contribution >= 0.6 is 0 Å².